The maximum Gasteiger partial charge on any atom is 0.416 e. The fraction of sp³-hybridized carbons (Fsp3) is 0.174. The summed E-state index contributed by atoms with van der Waals surface area (Å²) in [7, 11) is 0. The first-order chi connectivity index (χ1) is 14.8. The monoisotopic (exact) mass is 431 g/mol. The van der Waals surface area contributed by atoms with Crippen molar-refractivity contribution in [1.29, 1.82) is 0 Å². The van der Waals surface area contributed by atoms with Crippen LogP contribution in [-0.4, -0.2) is 22.0 Å². The first-order valence-electron chi connectivity index (χ1n) is 9.49. The van der Waals surface area contributed by atoms with Crippen LogP contribution in [0.15, 0.2) is 79.5 Å². The molecule has 1 aromatic heterocycles. The Morgan fingerprint density at radius 2 is 1.87 bits per heavy atom. The minimum atomic E-state index is -4.50. The average molecular weight is 431 g/mol. The first-order valence-corrected chi connectivity index (χ1v) is 9.49. The molecule has 0 saturated carbocycles. The average Bonchev–Trinajstić information content (AvgIpc) is 3.14. The third kappa shape index (κ3) is 5.97. The summed E-state index contributed by atoms with van der Waals surface area (Å²) in [6, 6.07) is 13.8. The van der Waals surface area contributed by atoms with Crippen molar-refractivity contribution >= 4 is 11.7 Å². The van der Waals surface area contributed by atoms with Crippen molar-refractivity contribution in [2.45, 2.75) is 19.3 Å². The Labute approximate surface area is 177 Å². The van der Waals surface area contributed by atoms with Crippen molar-refractivity contribution in [2.24, 2.45) is 0 Å². The number of carbonyl (C=O) groups excluding carboxylic acids is 1. The van der Waals surface area contributed by atoms with Crippen molar-refractivity contribution in [3.8, 4) is 0 Å². The molecule has 0 unspecified atom stereocenters. The SMILES string of the molecule is C=CCN(Cc1cccn1Cc1cccc(F)c1)C(=O)Nc1cccc(C(F)(F)F)c1. The van der Waals surface area contributed by atoms with Crippen LogP contribution in [0.1, 0.15) is 16.8 Å². The Morgan fingerprint density at radius 1 is 1.10 bits per heavy atom. The van der Waals surface area contributed by atoms with Crippen LogP contribution in [0.4, 0.5) is 28.0 Å². The van der Waals surface area contributed by atoms with Gasteiger partial charge in [-0.3, -0.25) is 0 Å². The molecule has 2 amide bonds. The van der Waals surface area contributed by atoms with Gasteiger partial charge in [0, 0.05) is 30.7 Å². The summed E-state index contributed by atoms with van der Waals surface area (Å²) >= 11 is 0. The van der Waals surface area contributed by atoms with Crippen LogP contribution in [0.2, 0.25) is 0 Å². The predicted octanol–water partition coefficient (Wildman–Crippen LogP) is 5.91. The molecule has 0 saturated heterocycles. The van der Waals surface area contributed by atoms with Crippen LogP contribution < -0.4 is 5.32 Å². The molecule has 1 N–H and O–H groups in total. The molecule has 3 aromatic rings. The number of halogens is 4. The molecular formula is C23H21F4N3O. The zero-order chi connectivity index (χ0) is 22.4. The maximum atomic E-state index is 13.5. The van der Waals surface area contributed by atoms with Crippen molar-refractivity contribution < 1.29 is 22.4 Å². The highest BCUT2D eigenvalue weighted by atomic mass is 19.4. The highest BCUT2D eigenvalue weighted by Gasteiger charge is 2.30. The van der Waals surface area contributed by atoms with E-state index < -0.39 is 17.8 Å². The zero-order valence-electron chi connectivity index (χ0n) is 16.6. The summed E-state index contributed by atoms with van der Waals surface area (Å²) in [5.41, 5.74) is 0.750. The Bertz CT molecular complexity index is 1060. The quantitative estimate of drug-likeness (QED) is 0.366. The van der Waals surface area contributed by atoms with Gasteiger partial charge in [-0.15, -0.1) is 6.58 Å². The summed E-state index contributed by atoms with van der Waals surface area (Å²) in [5.74, 6) is -0.333. The Kier molecular flexibility index (Phi) is 6.79. The van der Waals surface area contributed by atoms with E-state index in [1.54, 1.807) is 12.1 Å². The van der Waals surface area contributed by atoms with Gasteiger partial charge in [0.05, 0.1) is 12.1 Å². The number of hydrogen-bond acceptors (Lipinski definition) is 1. The van der Waals surface area contributed by atoms with Gasteiger partial charge in [0.15, 0.2) is 0 Å². The molecule has 1 heterocycles. The van der Waals surface area contributed by atoms with Crippen molar-refractivity contribution in [3.63, 3.8) is 0 Å². The Morgan fingerprint density at radius 3 is 2.58 bits per heavy atom. The van der Waals surface area contributed by atoms with Crippen LogP contribution in [0.25, 0.3) is 0 Å². The smallest absolute Gasteiger partial charge is 0.345 e. The fourth-order valence-electron chi connectivity index (χ4n) is 3.13. The number of nitrogens with one attached hydrogen (secondary N) is 1. The van der Waals surface area contributed by atoms with Gasteiger partial charge in [0.2, 0.25) is 0 Å². The molecule has 0 bridgehead atoms. The van der Waals surface area contributed by atoms with Gasteiger partial charge in [-0.2, -0.15) is 13.2 Å². The first kappa shape index (κ1) is 22.1. The van der Waals surface area contributed by atoms with E-state index in [0.29, 0.717) is 6.54 Å². The van der Waals surface area contributed by atoms with Gasteiger partial charge in [0.1, 0.15) is 5.82 Å². The lowest BCUT2D eigenvalue weighted by Gasteiger charge is -2.23. The van der Waals surface area contributed by atoms with Crippen LogP contribution in [0.3, 0.4) is 0 Å². The third-order valence-electron chi connectivity index (χ3n) is 4.60. The zero-order valence-corrected chi connectivity index (χ0v) is 16.6. The second kappa shape index (κ2) is 9.51. The van der Waals surface area contributed by atoms with Gasteiger partial charge in [-0.05, 0) is 48.0 Å². The molecule has 3 rings (SSSR count). The van der Waals surface area contributed by atoms with Gasteiger partial charge in [0.25, 0.3) is 0 Å². The highest BCUT2D eigenvalue weighted by Crippen LogP contribution is 2.30. The van der Waals surface area contributed by atoms with E-state index in [4.69, 9.17) is 0 Å². The van der Waals surface area contributed by atoms with E-state index in [1.807, 2.05) is 22.9 Å². The lowest BCUT2D eigenvalue weighted by atomic mass is 10.2. The van der Waals surface area contributed by atoms with Crippen molar-refractivity contribution in [3.05, 3.63) is 102 Å². The molecule has 2 aromatic carbocycles. The minimum Gasteiger partial charge on any atom is -0.345 e. The number of rotatable bonds is 7. The summed E-state index contributed by atoms with van der Waals surface area (Å²) in [6.07, 6.45) is -1.15. The Balaban J connectivity index is 1.74. The highest BCUT2D eigenvalue weighted by molar-refractivity contribution is 5.89. The number of benzene rings is 2. The molecule has 4 nitrogen and oxygen atoms in total. The summed E-state index contributed by atoms with van der Waals surface area (Å²) < 4.78 is 54.1. The molecule has 0 aliphatic heterocycles. The predicted molar refractivity (Wildman–Crippen MR) is 111 cm³/mol. The van der Waals surface area contributed by atoms with Crippen LogP contribution in [0.5, 0.6) is 0 Å². The van der Waals surface area contributed by atoms with Gasteiger partial charge < -0.3 is 14.8 Å². The van der Waals surface area contributed by atoms with Crippen LogP contribution in [0, 0.1) is 5.82 Å². The normalized spacial score (nSPS) is 11.2. The number of anilines is 1. The van der Waals surface area contributed by atoms with Gasteiger partial charge in [-0.1, -0.05) is 24.3 Å². The molecule has 0 atom stereocenters. The van der Waals surface area contributed by atoms with Gasteiger partial charge in [-0.25, -0.2) is 9.18 Å². The minimum absolute atomic E-state index is 0.0454. The van der Waals surface area contributed by atoms with Crippen molar-refractivity contribution in [1.82, 2.24) is 9.47 Å². The van der Waals surface area contributed by atoms with E-state index in [9.17, 15) is 22.4 Å². The lowest BCUT2D eigenvalue weighted by Crippen LogP contribution is -2.35. The molecule has 0 radical (unpaired) electrons. The van der Waals surface area contributed by atoms with E-state index in [0.717, 1.165) is 23.4 Å². The van der Waals surface area contributed by atoms with E-state index in [-0.39, 0.29) is 24.6 Å². The summed E-state index contributed by atoms with van der Waals surface area (Å²) in [6.45, 7) is 4.44. The number of alkyl halides is 3. The molecule has 0 aliphatic rings. The summed E-state index contributed by atoms with van der Waals surface area (Å²) in [4.78, 5) is 14.2. The Hall–Kier alpha value is -3.55. The number of aromatic nitrogens is 1. The van der Waals surface area contributed by atoms with Crippen molar-refractivity contribution in [2.75, 3.05) is 11.9 Å². The fourth-order valence-corrected chi connectivity index (χ4v) is 3.13. The van der Waals surface area contributed by atoms with Crippen LogP contribution in [-0.2, 0) is 19.3 Å². The van der Waals surface area contributed by atoms with E-state index in [1.165, 1.54) is 35.2 Å². The third-order valence-corrected chi connectivity index (χ3v) is 4.60. The van der Waals surface area contributed by atoms with Gasteiger partial charge >= 0.3 is 12.2 Å². The number of amides is 2. The molecule has 162 valence electrons. The second-order valence-corrected chi connectivity index (χ2v) is 6.94. The molecule has 8 heteroatoms. The lowest BCUT2D eigenvalue weighted by molar-refractivity contribution is -0.137. The molecular weight excluding hydrogens is 410 g/mol. The van der Waals surface area contributed by atoms with E-state index >= 15 is 0 Å². The standard InChI is InChI=1S/C23H21F4N3O/c1-2-11-30(22(31)28-20-9-4-7-18(14-20)23(25,26)27)16-21-10-5-12-29(21)15-17-6-3-8-19(24)13-17/h2-10,12-14H,1,11,15-16H2,(H,28,31). The topological polar surface area (TPSA) is 37.3 Å². The maximum absolute atomic E-state index is 13.5. The van der Waals surface area contributed by atoms with E-state index in [2.05, 4.69) is 11.9 Å². The molecule has 0 fully saturated rings. The number of hydrogen-bond donors (Lipinski definition) is 1. The van der Waals surface area contributed by atoms with Crippen LogP contribution >= 0.6 is 0 Å². The molecule has 0 spiro atoms. The summed E-state index contributed by atoms with van der Waals surface area (Å²) in [5, 5.41) is 2.51. The molecule has 0 aliphatic carbocycles. The number of nitrogens with zero attached hydrogens (tertiary/aromatic N) is 2. The molecule has 31 heavy (non-hydrogen) atoms. The second-order valence-electron chi connectivity index (χ2n) is 6.94. The number of urea groups is 1. The number of carbonyl (C=O) groups is 1. The largest absolute Gasteiger partial charge is 0.416 e.